The van der Waals surface area contributed by atoms with Crippen molar-refractivity contribution in [1.82, 2.24) is 0 Å². The number of fused-ring (bicyclic) bond motifs is 1. The minimum absolute atomic E-state index is 0.496. The standard InChI is InChI=1S/C13H12BrClO3/c1-17-11(16)13(15)12(18-13)5-4-8-6-10(14)3-2-9(8)7-12/h2-3,6H,4-5,7H2,1H3. The zero-order chi connectivity index (χ0) is 13.0. The normalized spacial score (nSPS) is 33.1. The van der Waals surface area contributed by atoms with E-state index < -0.39 is 16.6 Å². The van der Waals surface area contributed by atoms with E-state index in [2.05, 4.69) is 28.1 Å². The van der Waals surface area contributed by atoms with Crippen molar-refractivity contribution in [2.75, 3.05) is 7.11 Å². The molecule has 0 bridgehead atoms. The van der Waals surface area contributed by atoms with Crippen molar-refractivity contribution < 1.29 is 14.3 Å². The molecular weight excluding hydrogens is 319 g/mol. The van der Waals surface area contributed by atoms with Crippen molar-refractivity contribution >= 4 is 33.5 Å². The van der Waals surface area contributed by atoms with Gasteiger partial charge in [0.1, 0.15) is 5.60 Å². The van der Waals surface area contributed by atoms with Gasteiger partial charge in [-0.15, -0.1) is 0 Å². The molecule has 0 amide bonds. The second kappa shape index (κ2) is 3.95. The smallest absolute Gasteiger partial charge is 0.357 e. The maximum atomic E-state index is 11.6. The van der Waals surface area contributed by atoms with Crippen LogP contribution in [0.1, 0.15) is 17.5 Å². The van der Waals surface area contributed by atoms with Crippen LogP contribution in [0.4, 0.5) is 0 Å². The average molecular weight is 332 g/mol. The number of carbonyl (C=O) groups is 1. The predicted octanol–water partition coefficient (Wildman–Crippen LogP) is 2.81. The first-order valence-corrected chi connectivity index (χ1v) is 6.93. The predicted molar refractivity (Wildman–Crippen MR) is 70.6 cm³/mol. The molecule has 0 aromatic heterocycles. The summed E-state index contributed by atoms with van der Waals surface area (Å²) in [5.74, 6) is -0.496. The van der Waals surface area contributed by atoms with E-state index in [1.165, 1.54) is 18.2 Å². The summed E-state index contributed by atoms with van der Waals surface area (Å²) in [6, 6.07) is 6.16. The molecule has 0 N–H and O–H groups in total. The first kappa shape index (κ1) is 12.5. The van der Waals surface area contributed by atoms with Crippen LogP contribution in [0.3, 0.4) is 0 Å². The number of esters is 1. The monoisotopic (exact) mass is 330 g/mol. The van der Waals surface area contributed by atoms with Crippen LogP contribution in [0.15, 0.2) is 22.7 Å². The molecule has 1 aromatic rings. The molecule has 96 valence electrons. The lowest BCUT2D eigenvalue weighted by Gasteiger charge is -2.23. The Morgan fingerprint density at radius 2 is 2.28 bits per heavy atom. The van der Waals surface area contributed by atoms with Gasteiger partial charge in [-0.2, -0.15) is 0 Å². The summed E-state index contributed by atoms with van der Waals surface area (Å²) >= 11 is 9.68. The molecule has 1 aliphatic carbocycles. The third-order valence-electron chi connectivity index (χ3n) is 3.77. The van der Waals surface area contributed by atoms with Crippen LogP contribution in [0.5, 0.6) is 0 Å². The summed E-state index contributed by atoms with van der Waals surface area (Å²) in [5.41, 5.74) is 1.90. The van der Waals surface area contributed by atoms with Gasteiger partial charge in [0, 0.05) is 10.9 Å². The average Bonchev–Trinajstić information content (AvgIpc) is 2.94. The molecule has 1 aliphatic heterocycles. The third-order valence-corrected chi connectivity index (χ3v) is 4.84. The van der Waals surface area contributed by atoms with E-state index in [1.54, 1.807) is 0 Å². The van der Waals surface area contributed by atoms with Gasteiger partial charge in [-0.05, 0) is 36.1 Å². The lowest BCUT2D eigenvalue weighted by atomic mass is 9.81. The first-order valence-electron chi connectivity index (χ1n) is 5.75. The van der Waals surface area contributed by atoms with Gasteiger partial charge in [0.15, 0.2) is 0 Å². The zero-order valence-electron chi connectivity index (χ0n) is 9.83. The molecule has 2 aliphatic rings. The van der Waals surface area contributed by atoms with Gasteiger partial charge in [-0.3, -0.25) is 0 Å². The maximum absolute atomic E-state index is 11.6. The lowest BCUT2D eigenvalue weighted by Crippen LogP contribution is -2.34. The van der Waals surface area contributed by atoms with Crippen LogP contribution >= 0.6 is 27.5 Å². The zero-order valence-corrected chi connectivity index (χ0v) is 12.2. The van der Waals surface area contributed by atoms with Gasteiger partial charge in [0.05, 0.1) is 7.11 Å². The largest absolute Gasteiger partial charge is 0.466 e. The van der Waals surface area contributed by atoms with Gasteiger partial charge in [0.2, 0.25) is 0 Å². The number of carbonyl (C=O) groups excluding carboxylic acids is 1. The van der Waals surface area contributed by atoms with E-state index in [0.29, 0.717) is 6.42 Å². The Morgan fingerprint density at radius 3 is 3.00 bits per heavy atom. The Balaban J connectivity index is 1.89. The molecule has 1 heterocycles. The van der Waals surface area contributed by atoms with Gasteiger partial charge in [0.25, 0.3) is 5.06 Å². The molecule has 3 nitrogen and oxygen atoms in total. The van der Waals surface area contributed by atoms with E-state index in [1.807, 2.05) is 6.07 Å². The highest BCUT2D eigenvalue weighted by Crippen LogP contribution is 2.58. The number of ether oxygens (including phenoxy) is 2. The highest BCUT2D eigenvalue weighted by Gasteiger charge is 2.75. The Bertz CT molecular complexity index is 533. The number of halogens is 2. The van der Waals surface area contributed by atoms with Gasteiger partial charge in [-0.1, -0.05) is 33.6 Å². The number of alkyl halides is 1. The van der Waals surface area contributed by atoms with Crippen molar-refractivity contribution in [3.63, 3.8) is 0 Å². The summed E-state index contributed by atoms with van der Waals surface area (Å²) in [6.07, 6.45) is 2.27. The molecule has 2 unspecified atom stereocenters. The quantitative estimate of drug-likeness (QED) is 0.451. The second-order valence-corrected chi connectivity index (χ2v) is 6.22. The fraction of sp³-hybridized carbons (Fsp3) is 0.462. The Morgan fingerprint density at radius 1 is 1.50 bits per heavy atom. The van der Waals surface area contributed by atoms with E-state index in [9.17, 15) is 4.79 Å². The minimum atomic E-state index is -1.29. The Hall–Kier alpha value is -0.580. The molecule has 0 saturated carbocycles. The van der Waals surface area contributed by atoms with Crippen LogP contribution in [0.25, 0.3) is 0 Å². The number of hydrogen-bond acceptors (Lipinski definition) is 3. The number of aryl methyl sites for hydroxylation is 1. The van der Waals surface area contributed by atoms with Crippen LogP contribution in [0.2, 0.25) is 0 Å². The SMILES string of the molecule is COC(=O)C1(Cl)OC12CCc1cc(Br)ccc1C2. The van der Waals surface area contributed by atoms with Crippen LogP contribution in [0, 0.1) is 0 Å². The highest BCUT2D eigenvalue weighted by molar-refractivity contribution is 9.10. The molecule has 1 aromatic carbocycles. The fourth-order valence-electron chi connectivity index (χ4n) is 2.70. The summed E-state index contributed by atoms with van der Waals surface area (Å²) < 4.78 is 11.3. The summed E-state index contributed by atoms with van der Waals surface area (Å²) in [7, 11) is 1.33. The van der Waals surface area contributed by atoms with Crippen molar-refractivity contribution in [1.29, 1.82) is 0 Å². The van der Waals surface area contributed by atoms with Gasteiger partial charge in [-0.25, -0.2) is 4.79 Å². The molecule has 5 heteroatoms. The van der Waals surface area contributed by atoms with Crippen LogP contribution in [-0.4, -0.2) is 23.7 Å². The topological polar surface area (TPSA) is 38.8 Å². The maximum Gasteiger partial charge on any atom is 0.357 e. The van der Waals surface area contributed by atoms with Gasteiger partial charge >= 0.3 is 5.97 Å². The Labute approximate surface area is 119 Å². The van der Waals surface area contributed by atoms with Crippen molar-refractivity contribution in [2.45, 2.75) is 29.9 Å². The fourth-order valence-corrected chi connectivity index (χ4v) is 3.49. The van der Waals surface area contributed by atoms with Gasteiger partial charge < -0.3 is 9.47 Å². The van der Waals surface area contributed by atoms with E-state index in [0.717, 1.165) is 17.3 Å². The number of benzene rings is 1. The molecule has 3 rings (SSSR count). The van der Waals surface area contributed by atoms with E-state index in [4.69, 9.17) is 21.1 Å². The molecule has 1 saturated heterocycles. The summed E-state index contributed by atoms with van der Waals surface area (Å²) in [5, 5.41) is -1.29. The molecule has 0 radical (unpaired) electrons. The molecule has 2 atom stereocenters. The van der Waals surface area contributed by atoms with Crippen LogP contribution < -0.4 is 0 Å². The Kier molecular flexibility index (Phi) is 2.74. The van der Waals surface area contributed by atoms with Crippen molar-refractivity contribution in [3.8, 4) is 0 Å². The lowest BCUT2D eigenvalue weighted by molar-refractivity contribution is -0.143. The molecular formula is C13H12BrClO3. The van der Waals surface area contributed by atoms with Crippen LogP contribution in [-0.2, 0) is 27.1 Å². The number of methoxy groups -OCH3 is 1. The minimum Gasteiger partial charge on any atom is -0.466 e. The first-order chi connectivity index (χ1) is 8.51. The summed E-state index contributed by atoms with van der Waals surface area (Å²) in [4.78, 5) is 11.6. The third kappa shape index (κ3) is 1.63. The van der Waals surface area contributed by atoms with E-state index >= 15 is 0 Å². The highest BCUT2D eigenvalue weighted by atomic mass is 79.9. The second-order valence-electron chi connectivity index (χ2n) is 4.77. The number of rotatable bonds is 1. The molecule has 1 fully saturated rings. The number of hydrogen-bond donors (Lipinski definition) is 0. The van der Waals surface area contributed by atoms with E-state index in [-0.39, 0.29) is 0 Å². The van der Waals surface area contributed by atoms with Crippen molar-refractivity contribution in [3.05, 3.63) is 33.8 Å². The summed E-state index contributed by atoms with van der Waals surface area (Å²) in [6.45, 7) is 0. The molecule has 18 heavy (non-hydrogen) atoms. The molecule has 1 spiro atoms. The number of epoxide rings is 1. The van der Waals surface area contributed by atoms with Crippen molar-refractivity contribution in [2.24, 2.45) is 0 Å².